The van der Waals surface area contributed by atoms with E-state index >= 15 is 0 Å². The lowest BCUT2D eigenvalue weighted by molar-refractivity contribution is -0.129. The van der Waals surface area contributed by atoms with Crippen LogP contribution in [0.5, 0.6) is 5.75 Å². The summed E-state index contributed by atoms with van der Waals surface area (Å²) in [5.41, 5.74) is 0. The topological polar surface area (TPSA) is 29.5 Å². The van der Waals surface area contributed by atoms with E-state index in [1.165, 1.54) is 0 Å². The summed E-state index contributed by atoms with van der Waals surface area (Å²) in [4.78, 5) is 12.7. The number of hydrogen-bond acceptors (Lipinski definition) is 2. The first-order valence-corrected chi connectivity index (χ1v) is 4.50. The van der Waals surface area contributed by atoms with E-state index in [9.17, 15) is 4.79 Å². The summed E-state index contributed by atoms with van der Waals surface area (Å²) in [6.45, 7) is 0.400. The van der Waals surface area contributed by atoms with E-state index in [4.69, 9.17) is 4.74 Å². The molecular formula is C11H14NO2. The largest absolute Gasteiger partial charge is 0.492 e. The third kappa shape index (κ3) is 3.47. The van der Waals surface area contributed by atoms with Crippen LogP contribution in [0.1, 0.15) is 6.42 Å². The van der Waals surface area contributed by atoms with Gasteiger partial charge in [0, 0.05) is 20.2 Å². The Morgan fingerprint density at radius 3 is 2.86 bits per heavy atom. The number of hydrogen-bond donors (Lipinski definition) is 0. The van der Waals surface area contributed by atoms with Crippen molar-refractivity contribution in [1.29, 1.82) is 0 Å². The van der Waals surface area contributed by atoms with Gasteiger partial charge < -0.3 is 9.64 Å². The van der Waals surface area contributed by atoms with Gasteiger partial charge in [-0.1, -0.05) is 18.2 Å². The quantitative estimate of drug-likeness (QED) is 0.720. The lowest BCUT2D eigenvalue weighted by atomic mass is 10.3. The summed E-state index contributed by atoms with van der Waals surface area (Å²) >= 11 is 0. The fraction of sp³-hybridized carbons (Fsp3) is 0.364. The van der Waals surface area contributed by atoms with Gasteiger partial charge in [-0.05, 0) is 6.07 Å². The third-order valence-electron chi connectivity index (χ3n) is 1.75. The number of para-hydroxylation sites is 1. The first-order valence-electron chi connectivity index (χ1n) is 4.50. The summed E-state index contributed by atoms with van der Waals surface area (Å²) < 4.78 is 5.32. The molecule has 1 aromatic carbocycles. The van der Waals surface area contributed by atoms with Crippen molar-refractivity contribution < 1.29 is 9.53 Å². The van der Waals surface area contributed by atoms with Crippen molar-refractivity contribution >= 4 is 5.91 Å². The molecule has 0 aromatic heterocycles. The molecule has 1 aromatic rings. The molecule has 0 N–H and O–H groups in total. The van der Waals surface area contributed by atoms with Crippen molar-refractivity contribution in [3.8, 4) is 5.75 Å². The number of nitrogens with zero attached hydrogens (tertiary/aromatic N) is 1. The highest BCUT2D eigenvalue weighted by molar-refractivity contribution is 5.75. The van der Waals surface area contributed by atoms with Crippen LogP contribution in [0.15, 0.2) is 24.3 Å². The predicted molar refractivity (Wildman–Crippen MR) is 54.1 cm³/mol. The van der Waals surface area contributed by atoms with Crippen LogP contribution < -0.4 is 4.74 Å². The minimum Gasteiger partial charge on any atom is -0.492 e. The molecule has 1 rings (SSSR count). The Morgan fingerprint density at radius 2 is 2.29 bits per heavy atom. The molecule has 14 heavy (non-hydrogen) atoms. The van der Waals surface area contributed by atoms with Crippen molar-refractivity contribution in [1.82, 2.24) is 4.90 Å². The zero-order valence-electron chi connectivity index (χ0n) is 8.49. The SMILES string of the molecule is CN(C)C(=O)CCOc1[c]cccc1. The first-order chi connectivity index (χ1) is 6.70. The third-order valence-corrected chi connectivity index (χ3v) is 1.75. The van der Waals surface area contributed by atoms with Gasteiger partial charge in [0.1, 0.15) is 5.75 Å². The number of rotatable bonds is 4. The molecule has 0 atom stereocenters. The lowest BCUT2D eigenvalue weighted by Crippen LogP contribution is -2.23. The summed E-state index contributed by atoms with van der Waals surface area (Å²) in [5, 5.41) is 0. The molecule has 0 saturated heterocycles. The van der Waals surface area contributed by atoms with Gasteiger partial charge in [0.25, 0.3) is 0 Å². The van der Waals surface area contributed by atoms with Crippen molar-refractivity contribution in [3.63, 3.8) is 0 Å². The lowest BCUT2D eigenvalue weighted by Gasteiger charge is -2.10. The van der Waals surface area contributed by atoms with Gasteiger partial charge >= 0.3 is 0 Å². The second kappa shape index (κ2) is 5.27. The Morgan fingerprint density at radius 1 is 1.50 bits per heavy atom. The zero-order valence-corrected chi connectivity index (χ0v) is 8.49. The maximum absolute atomic E-state index is 11.2. The van der Waals surface area contributed by atoms with Crippen LogP contribution >= 0.6 is 0 Å². The highest BCUT2D eigenvalue weighted by atomic mass is 16.5. The van der Waals surface area contributed by atoms with Crippen LogP contribution in [0, 0.1) is 6.07 Å². The van der Waals surface area contributed by atoms with E-state index in [1.54, 1.807) is 25.1 Å². The van der Waals surface area contributed by atoms with Crippen LogP contribution in [0.3, 0.4) is 0 Å². The molecule has 0 spiro atoms. The Labute approximate surface area is 84.3 Å². The number of carbonyl (C=O) groups is 1. The average Bonchev–Trinajstić information content (AvgIpc) is 2.19. The molecule has 0 heterocycles. The second-order valence-corrected chi connectivity index (χ2v) is 3.11. The number of ether oxygens (including phenoxy) is 1. The minimum atomic E-state index is 0.0703. The number of benzene rings is 1. The maximum atomic E-state index is 11.2. The Kier molecular flexibility index (Phi) is 3.98. The van der Waals surface area contributed by atoms with E-state index in [1.807, 2.05) is 18.2 Å². The van der Waals surface area contributed by atoms with Gasteiger partial charge in [-0.3, -0.25) is 4.79 Å². The normalized spacial score (nSPS) is 9.57. The molecule has 0 aliphatic rings. The van der Waals surface area contributed by atoms with Crippen LogP contribution in [-0.2, 0) is 4.79 Å². The molecule has 0 aliphatic heterocycles. The predicted octanol–water partition coefficient (Wildman–Crippen LogP) is 1.34. The fourth-order valence-electron chi connectivity index (χ4n) is 0.939. The van der Waals surface area contributed by atoms with E-state index in [0.717, 1.165) is 0 Å². The molecule has 75 valence electrons. The van der Waals surface area contributed by atoms with Gasteiger partial charge in [0.15, 0.2) is 0 Å². The smallest absolute Gasteiger partial charge is 0.225 e. The molecule has 1 radical (unpaired) electrons. The zero-order chi connectivity index (χ0) is 10.4. The molecule has 3 nitrogen and oxygen atoms in total. The van der Waals surface area contributed by atoms with Gasteiger partial charge in [-0.25, -0.2) is 0 Å². The van der Waals surface area contributed by atoms with E-state index in [2.05, 4.69) is 6.07 Å². The summed E-state index contributed by atoms with van der Waals surface area (Å²) in [6.07, 6.45) is 0.399. The van der Waals surface area contributed by atoms with Gasteiger partial charge in [-0.15, -0.1) is 0 Å². The van der Waals surface area contributed by atoms with Crippen LogP contribution in [0.2, 0.25) is 0 Å². The summed E-state index contributed by atoms with van der Waals surface area (Å²) in [5.74, 6) is 0.750. The van der Waals surface area contributed by atoms with Crippen molar-refractivity contribution in [2.45, 2.75) is 6.42 Å². The maximum Gasteiger partial charge on any atom is 0.225 e. The molecule has 0 saturated carbocycles. The summed E-state index contributed by atoms with van der Waals surface area (Å²) in [6, 6.07) is 10.3. The standard InChI is InChI=1S/C11H14NO2/c1-12(2)11(13)8-9-14-10-6-4-3-5-7-10/h3-6H,8-9H2,1-2H3. The molecule has 0 unspecified atom stereocenters. The Hall–Kier alpha value is -1.51. The molecule has 0 aliphatic carbocycles. The van der Waals surface area contributed by atoms with E-state index in [0.29, 0.717) is 18.8 Å². The minimum absolute atomic E-state index is 0.0703. The second-order valence-electron chi connectivity index (χ2n) is 3.11. The van der Waals surface area contributed by atoms with Gasteiger partial charge in [0.2, 0.25) is 5.91 Å². The monoisotopic (exact) mass is 192 g/mol. The molecular weight excluding hydrogens is 178 g/mol. The first kappa shape index (κ1) is 10.6. The fourth-order valence-corrected chi connectivity index (χ4v) is 0.939. The van der Waals surface area contributed by atoms with Crippen LogP contribution in [0.25, 0.3) is 0 Å². The van der Waals surface area contributed by atoms with Crippen molar-refractivity contribution in [3.05, 3.63) is 30.3 Å². The Balaban J connectivity index is 2.26. The van der Waals surface area contributed by atoms with E-state index < -0.39 is 0 Å². The average molecular weight is 192 g/mol. The van der Waals surface area contributed by atoms with Gasteiger partial charge in [-0.2, -0.15) is 0 Å². The number of carbonyl (C=O) groups excluding carboxylic acids is 1. The molecule has 0 bridgehead atoms. The van der Waals surface area contributed by atoms with E-state index in [-0.39, 0.29) is 5.91 Å². The highest BCUT2D eigenvalue weighted by Crippen LogP contribution is 2.07. The summed E-state index contributed by atoms with van der Waals surface area (Å²) in [7, 11) is 3.47. The molecule has 1 amide bonds. The Bertz CT molecular complexity index is 283. The van der Waals surface area contributed by atoms with Crippen molar-refractivity contribution in [2.75, 3.05) is 20.7 Å². The molecule has 3 heteroatoms. The van der Waals surface area contributed by atoms with Crippen molar-refractivity contribution in [2.24, 2.45) is 0 Å². The van der Waals surface area contributed by atoms with Gasteiger partial charge in [0.05, 0.1) is 13.0 Å². The molecule has 0 fully saturated rings. The highest BCUT2D eigenvalue weighted by Gasteiger charge is 2.03. The number of amides is 1. The van der Waals surface area contributed by atoms with Crippen LogP contribution in [-0.4, -0.2) is 31.5 Å². The van der Waals surface area contributed by atoms with Crippen LogP contribution in [0.4, 0.5) is 0 Å².